The lowest BCUT2D eigenvalue weighted by atomic mass is 10.2. The molecule has 41 heavy (non-hydrogen) atoms. The quantitative estimate of drug-likeness (QED) is 0.316. The van der Waals surface area contributed by atoms with E-state index in [4.69, 9.17) is 30.5 Å². The molecule has 3 aromatic rings. The molecular weight excluding hydrogens is 549 g/mol. The first kappa shape index (κ1) is 28.4. The summed E-state index contributed by atoms with van der Waals surface area (Å²) >= 11 is 6.00. The zero-order valence-corrected chi connectivity index (χ0v) is 24.0. The van der Waals surface area contributed by atoms with Gasteiger partial charge in [0.1, 0.15) is 35.6 Å². The highest BCUT2D eigenvalue weighted by molar-refractivity contribution is 6.31. The van der Waals surface area contributed by atoms with Crippen LogP contribution in [0.3, 0.4) is 0 Å². The number of hydrogen-bond acceptors (Lipinski definition) is 9. The minimum atomic E-state index is -0.478. The van der Waals surface area contributed by atoms with Gasteiger partial charge >= 0.3 is 0 Å². The normalized spacial score (nSPS) is 21.9. The van der Waals surface area contributed by atoms with Gasteiger partial charge in [-0.3, -0.25) is 4.90 Å². The van der Waals surface area contributed by atoms with Gasteiger partial charge in [0.25, 0.3) is 0 Å². The van der Waals surface area contributed by atoms with Gasteiger partial charge in [0.05, 0.1) is 41.9 Å². The molecule has 0 radical (unpaired) electrons. The second-order valence-electron chi connectivity index (χ2n) is 10.9. The lowest BCUT2D eigenvalue weighted by Gasteiger charge is -2.35. The number of benzene rings is 2. The van der Waals surface area contributed by atoms with Crippen molar-refractivity contribution in [1.29, 1.82) is 0 Å². The number of piperazine rings is 1. The van der Waals surface area contributed by atoms with Crippen LogP contribution >= 0.6 is 11.6 Å². The predicted octanol–water partition coefficient (Wildman–Crippen LogP) is 4.90. The van der Waals surface area contributed by atoms with E-state index < -0.39 is 5.82 Å². The molecule has 0 aliphatic carbocycles. The standard InChI is InChI=1S/C30H37ClFN5O4/c31-25-15-21(4-5-26(25)32)35-30-29-27(33-20-34-30)16-24(17-28(29)41-23-6-14-38-19-23)40-13-2-7-36-8-10-37(11-9-36)18-22-3-1-12-39-22/h4-5,15-17,20,22-23H,1-3,6-14,18-19H2,(H,33,34,35). The summed E-state index contributed by atoms with van der Waals surface area (Å²) < 4.78 is 37.6. The number of aromatic nitrogens is 2. The fourth-order valence-electron chi connectivity index (χ4n) is 5.65. The number of nitrogens with one attached hydrogen (secondary N) is 1. The molecule has 3 saturated heterocycles. The summed E-state index contributed by atoms with van der Waals surface area (Å²) in [6, 6.07) is 8.26. The molecule has 9 nitrogen and oxygen atoms in total. The summed E-state index contributed by atoms with van der Waals surface area (Å²) in [5.41, 5.74) is 1.30. The molecule has 220 valence electrons. The highest BCUT2D eigenvalue weighted by Crippen LogP contribution is 2.37. The average molecular weight is 586 g/mol. The molecule has 3 fully saturated rings. The summed E-state index contributed by atoms with van der Waals surface area (Å²) in [4.78, 5) is 14.0. The molecule has 0 amide bonds. The van der Waals surface area contributed by atoms with Crippen LogP contribution in [0.1, 0.15) is 25.7 Å². The van der Waals surface area contributed by atoms with Crippen molar-refractivity contribution in [2.75, 3.05) is 71.0 Å². The SMILES string of the molecule is Fc1ccc(Nc2ncnc3cc(OCCCN4CCN(CC5CCCO5)CC4)cc(OC4CCOC4)c23)cc1Cl. The average Bonchev–Trinajstić information content (AvgIpc) is 3.69. The number of ether oxygens (including phenoxy) is 4. The van der Waals surface area contributed by atoms with E-state index in [1.807, 2.05) is 12.1 Å². The van der Waals surface area contributed by atoms with E-state index >= 15 is 0 Å². The van der Waals surface area contributed by atoms with E-state index in [-0.39, 0.29) is 11.1 Å². The van der Waals surface area contributed by atoms with Crippen LogP contribution < -0.4 is 14.8 Å². The molecule has 11 heteroatoms. The lowest BCUT2D eigenvalue weighted by Crippen LogP contribution is -2.48. The number of rotatable bonds is 11. The first-order valence-electron chi connectivity index (χ1n) is 14.5. The first-order valence-corrected chi connectivity index (χ1v) is 14.9. The van der Waals surface area contributed by atoms with Crippen molar-refractivity contribution in [1.82, 2.24) is 19.8 Å². The third-order valence-corrected chi connectivity index (χ3v) is 8.17. The smallest absolute Gasteiger partial charge is 0.145 e. The zero-order chi connectivity index (χ0) is 28.0. The fourth-order valence-corrected chi connectivity index (χ4v) is 5.83. The Labute approximate surface area is 244 Å². The Kier molecular flexibility index (Phi) is 9.32. The van der Waals surface area contributed by atoms with Crippen LogP contribution in [-0.2, 0) is 9.47 Å². The molecule has 0 spiro atoms. The minimum Gasteiger partial charge on any atom is -0.493 e. The highest BCUT2D eigenvalue weighted by atomic mass is 35.5. The zero-order valence-electron chi connectivity index (χ0n) is 23.2. The molecule has 2 aromatic carbocycles. The Balaban J connectivity index is 1.09. The molecule has 1 aromatic heterocycles. The van der Waals surface area contributed by atoms with Crippen molar-refractivity contribution in [3.8, 4) is 11.5 Å². The Hall–Kier alpha value is -2.76. The van der Waals surface area contributed by atoms with Crippen LogP contribution in [0.25, 0.3) is 10.9 Å². The predicted molar refractivity (Wildman–Crippen MR) is 156 cm³/mol. The molecule has 3 aliphatic rings. The van der Waals surface area contributed by atoms with Gasteiger partial charge < -0.3 is 29.2 Å². The Morgan fingerprint density at radius 3 is 2.71 bits per heavy atom. The van der Waals surface area contributed by atoms with E-state index in [0.717, 1.165) is 58.7 Å². The van der Waals surface area contributed by atoms with Crippen molar-refractivity contribution in [2.24, 2.45) is 0 Å². The summed E-state index contributed by atoms with van der Waals surface area (Å²) in [5, 5.41) is 3.99. The van der Waals surface area contributed by atoms with Gasteiger partial charge in [-0.05, 0) is 37.5 Å². The maximum absolute atomic E-state index is 13.7. The van der Waals surface area contributed by atoms with Crippen LogP contribution in [0.5, 0.6) is 11.5 Å². The molecule has 0 bridgehead atoms. The van der Waals surface area contributed by atoms with Crippen LogP contribution in [0.15, 0.2) is 36.7 Å². The van der Waals surface area contributed by atoms with Crippen LogP contribution in [0.4, 0.5) is 15.9 Å². The second-order valence-corrected chi connectivity index (χ2v) is 11.3. The second kappa shape index (κ2) is 13.5. The van der Waals surface area contributed by atoms with Crippen molar-refractivity contribution >= 4 is 34.0 Å². The number of nitrogens with zero attached hydrogens (tertiary/aromatic N) is 4. The van der Waals surface area contributed by atoms with Crippen molar-refractivity contribution in [2.45, 2.75) is 37.9 Å². The number of halogens is 2. The van der Waals surface area contributed by atoms with E-state index in [0.29, 0.717) is 59.8 Å². The van der Waals surface area contributed by atoms with Crippen molar-refractivity contribution in [3.63, 3.8) is 0 Å². The maximum atomic E-state index is 13.7. The van der Waals surface area contributed by atoms with Crippen LogP contribution in [-0.4, -0.2) is 97.7 Å². The topological polar surface area (TPSA) is 81.2 Å². The maximum Gasteiger partial charge on any atom is 0.145 e. The van der Waals surface area contributed by atoms with Crippen molar-refractivity contribution < 1.29 is 23.3 Å². The van der Waals surface area contributed by atoms with Gasteiger partial charge in [-0.2, -0.15) is 0 Å². The summed E-state index contributed by atoms with van der Waals surface area (Å²) in [6.45, 7) is 9.11. The first-order chi connectivity index (χ1) is 20.1. The van der Waals surface area contributed by atoms with E-state index in [1.54, 1.807) is 6.07 Å². The monoisotopic (exact) mass is 585 g/mol. The van der Waals surface area contributed by atoms with Gasteiger partial charge in [0.15, 0.2) is 0 Å². The Morgan fingerprint density at radius 2 is 1.93 bits per heavy atom. The third-order valence-electron chi connectivity index (χ3n) is 7.88. The van der Waals surface area contributed by atoms with Crippen molar-refractivity contribution in [3.05, 3.63) is 47.5 Å². The summed E-state index contributed by atoms with van der Waals surface area (Å²) in [7, 11) is 0. The Morgan fingerprint density at radius 1 is 1.05 bits per heavy atom. The van der Waals surface area contributed by atoms with Crippen LogP contribution in [0, 0.1) is 5.82 Å². The molecular formula is C30H37ClFN5O4. The minimum absolute atomic E-state index is 0.0316. The molecule has 2 unspecified atom stereocenters. The molecule has 2 atom stereocenters. The van der Waals surface area contributed by atoms with Gasteiger partial charge in [-0.25, -0.2) is 14.4 Å². The van der Waals surface area contributed by atoms with Gasteiger partial charge in [-0.1, -0.05) is 11.6 Å². The van der Waals surface area contributed by atoms with E-state index in [1.165, 1.54) is 31.3 Å². The molecule has 1 N–H and O–H groups in total. The van der Waals surface area contributed by atoms with E-state index in [2.05, 4.69) is 25.1 Å². The van der Waals surface area contributed by atoms with E-state index in [9.17, 15) is 4.39 Å². The number of anilines is 2. The molecule has 0 saturated carbocycles. The number of fused-ring (bicyclic) bond motifs is 1. The number of hydrogen-bond donors (Lipinski definition) is 1. The molecule has 6 rings (SSSR count). The fraction of sp³-hybridized carbons (Fsp3) is 0.533. The molecule has 4 heterocycles. The summed E-state index contributed by atoms with van der Waals surface area (Å²) in [5.74, 6) is 1.37. The lowest BCUT2D eigenvalue weighted by molar-refractivity contribution is 0.0495. The van der Waals surface area contributed by atoms with Crippen LogP contribution in [0.2, 0.25) is 5.02 Å². The Bertz CT molecular complexity index is 1310. The summed E-state index contributed by atoms with van der Waals surface area (Å²) in [6.07, 6.45) is 5.96. The third kappa shape index (κ3) is 7.37. The highest BCUT2D eigenvalue weighted by Gasteiger charge is 2.23. The molecule has 3 aliphatic heterocycles. The van der Waals surface area contributed by atoms with Gasteiger partial charge in [0.2, 0.25) is 0 Å². The van der Waals surface area contributed by atoms with Gasteiger partial charge in [-0.15, -0.1) is 0 Å². The van der Waals surface area contributed by atoms with Gasteiger partial charge in [0, 0.05) is 70.1 Å². The largest absolute Gasteiger partial charge is 0.493 e.